The van der Waals surface area contributed by atoms with E-state index in [1.807, 2.05) is 0 Å². The first kappa shape index (κ1) is 37.3. The molecule has 160 valence electrons. The predicted octanol–water partition coefficient (Wildman–Crippen LogP) is -0.644. The van der Waals surface area contributed by atoms with Crippen molar-refractivity contribution in [1.29, 1.82) is 0 Å². The molecule has 8 nitrogen and oxygen atoms in total. The molecule has 29 heavy (non-hydrogen) atoms. The van der Waals surface area contributed by atoms with Gasteiger partial charge < -0.3 is 20.4 Å². The molecular weight excluding hydrogens is 416 g/mol. The zero-order valence-corrected chi connectivity index (χ0v) is 19.0. The van der Waals surface area contributed by atoms with Crippen molar-refractivity contribution >= 4 is 23.1 Å². The minimum atomic E-state index is -0.312. The van der Waals surface area contributed by atoms with Crippen LogP contribution in [0.3, 0.4) is 0 Å². The minimum Gasteiger partial charge on any atom is -0.876 e. The Kier molecular flexibility index (Phi) is 30.4. The molecule has 0 radical (unpaired) electrons. The molecule has 0 N–H and O–H groups in total. The summed E-state index contributed by atoms with van der Waals surface area (Å²) in [4.78, 5) is 40.0. The maximum absolute atomic E-state index is 9.99. The molecule has 0 aliphatic rings. The van der Waals surface area contributed by atoms with Crippen molar-refractivity contribution in [3.63, 3.8) is 0 Å². The Labute approximate surface area is 187 Å². The van der Waals surface area contributed by atoms with Crippen LogP contribution < -0.4 is 20.4 Å². The molecule has 0 atom stereocenters. The molecule has 0 aliphatic carbocycles. The zero-order chi connectivity index (χ0) is 23.4. The van der Waals surface area contributed by atoms with Crippen molar-refractivity contribution in [1.82, 2.24) is 0 Å². The van der Waals surface area contributed by atoms with Crippen LogP contribution in [0.5, 0.6) is 0 Å². The van der Waals surface area contributed by atoms with Gasteiger partial charge in [-0.15, -0.1) is 49.4 Å². The monoisotopic (exact) mass is 444 g/mol. The van der Waals surface area contributed by atoms with E-state index in [-0.39, 0.29) is 93.6 Å². The smallest absolute Gasteiger partial charge is 0.876 e. The summed E-state index contributed by atoms with van der Waals surface area (Å²) in [6.07, 6.45) is -0.111. The molecule has 0 aliphatic heterocycles. The van der Waals surface area contributed by atoms with Crippen LogP contribution in [0.1, 0.15) is 53.4 Å². The van der Waals surface area contributed by atoms with Gasteiger partial charge in [0.05, 0.1) is 0 Å². The van der Waals surface area contributed by atoms with Crippen LogP contribution in [0.25, 0.3) is 0 Å². The van der Waals surface area contributed by atoms with Crippen molar-refractivity contribution in [2.45, 2.75) is 53.4 Å². The van der Waals surface area contributed by atoms with Gasteiger partial charge in [0.25, 0.3) is 0 Å². The Balaban J connectivity index is -0.0000000873. The summed E-state index contributed by atoms with van der Waals surface area (Å²) in [6, 6.07) is 0. The number of carbonyl (C=O) groups is 4. The van der Waals surface area contributed by atoms with Crippen LogP contribution in [0.15, 0.2) is 49.4 Å². The second-order valence-electron chi connectivity index (χ2n) is 5.67. The fourth-order valence-corrected chi connectivity index (χ4v) is 1.11. The summed E-state index contributed by atoms with van der Waals surface area (Å²) in [7, 11) is 0. The van der Waals surface area contributed by atoms with E-state index in [4.69, 9.17) is 0 Å². The maximum atomic E-state index is 9.99. The molecule has 0 fully saturated rings. The van der Waals surface area contributed by atoms with Gasteiger partial charge in [-0.1, -0.05) is 0 Å². The van der Waals surface area contributed by atoms with Gasteiger partial charge >= 0.3 is 21.7 Å². The summed E-state index contributed by atoms with van der Waals surface area (Å²) in [5.74, 6) is -1.75. The summed E-state index contributed by atoms with van der Waals surface area (Å²) < 4.78 is 0. The van der Waals surface area contributed by atoms with Crippen molar-refractivity contribution in [2.75, 3.05) is 0 Å². The van der Waals surface area contributed by atoms with Gasteiger partial charge in [0, 0.05) is 25.7 Å². The summed E-state index contributed by atoms with van der Waals surface area (Å²) in [6.45, 7) is 17.5. The minimum absolute atomic E-state index is 0. The number of allylic oxidation sites excluding steroid dienone is 4. The van der Waals surface area contributed by atoms with Gasteiger partial charge in [0.1, 0.15) is 23.1 Å². The first-order chi connectivity index (χ1) is 12.5. The summed E-state index contributed by atoms with van der Waals surface area (Å²) in [5.41, 5.74) is 0. The Morgan fingerprint density at radius 1 is 0.483 bits per heavy atom. The van der Waals surface area contributed by atoms with Crippen molar-refractivity contribution < 1.29 is 61.3 Å². The Hall–Kier alpha value is -2.45. The van der Waals surface area contributed by atoms with E-state index in [0.29, 0.717) is 0 Å². The van der Waals surface area contributed by atoms with E-state index in [1.165, 1.54) is 27.7 Å². The molecule has 0 spiro atoms. The third-order valence-corrected chi connectivity index (χ3v) is 1.78. The first-order valence-corrected chi connectivity index (χ1v) is 7.88. The molecule has 0 aromatic rings. The van der Waals surface area contributed by atoms with Gasteiger partial charge in [-0.2, -0.15) is 0 Å². The van der Waals surface area contributed by atoms with Crippen LogP contribution >= 0.6 is 0 Å². The van der Waals surface area contributed by atoms with Crippen LogP contribution in [-0.2, 0) is 40.9 Å². The van der Waals surface area contributed by atoms with Crippen LogP contribution in [0, 0.1) is 0 Å². The van der Waals surface area contributed by atoms with Crippen LogP contribution in [-0.4, -0.2) is 23.1 Å². The van der Waals surface area contributed by atoms with E-state index < -0.39 is 0 Å². The second-order valence-corrected chi connectivity index (χ2v) is 5.67. The Bertz CT molecular complexity index is 439. The van der Waals surface area contributed by atoms with Gasteiger partial charge in [-0.3, -0.25) is 19.2 Å². The number of hydrogen-bond donors (Lipinski definition) is 0. The summed E-state index contributed by atoms with van der Waals surface area (Å²) in [5, 5.41) is 39.7. The average Bonchev–Trinajstić information content (AvgIpc) is 2.32. The second kappa shape index (κ2) is 23.6. The molecule has 0 heterocycles. The number of carbonyl (C=O) groups excluding carboxylic acids is 4. The van der Waals surface area contributed by atoms with E-state index in [2.05, 4.69) is 26.3 Å². The van der Waals surface area contributed by atoms with Gasteiger partial charge in [0.2, 0.25) is 0 Å². The Morgan fingerprint density at radius 3 is 0.586 bits per heavy atom. The van der Waals surface area contributed by atoms with Crippen LogP contribution in [0.2, 0.25) is 0 Å². The van der Waals surface area contributed by atoms with E-state index in [1.54, 1.807) is 0 Å². The largest absolute Gasteiger partial charge is 4.00 e. The number of rotatable bonds is 8. The average molecular weight is 444 g/mol. The quantitative estimate of drug-likeness (QED) is 0.353. The molecule has 0 aromatic heterocycles. The molecule has 0 saturated heterocycles. The maximum Gasteiger partial charge on any atom is 4.00 e. The van der Waals surface area contributed by atoms with Gasteiger partial charge in [-0.25, -0.2) is 0 Å². The first-order valence-electron chi connectivity index (χ1n) is 7.88. The van der Waals surface area contributed by atoms with E-state index in [9.17, 15) is 39.6 Å². The van der Waals surface area contributed by atoms with E-state index >= 15 is 0 Å². The molecule has 0 unspecified atom stereocenters. The zero-order valence-electron chi connectivity index (χ0n) is 17.4. The SMILES string of the molecule is C=C([O-])CC(C)=O.C=C([O-])CC(C)=O.C=C([O-])CC(C)=O.C=C([O-])CC(C)=O.[Ti+4]. The van der Waals surface area contributed by atoms with Crippen molar-refractivity contribution in [3.8, 4) is 0 Å². The summed E-state index contributed by atoms with van der Waals surface area (Å²) >= 11 is 0. The van der Waals surface area contributed by atoms with E-state index in [0.717, 1.165) is 0 Å². The topological polar surface area (TPSA) is 161 Å². The molecule has 0 saturated carbocycles. The molecule has 0 rings (SSSR count). The van der Waals surface area contributed by atoms with Crippen molar-refractivity contribution in [3.05, 3.63) is 49.4 Å². The third-order valence-electron chi connectivity index (χ3n) is 1.78. The van der Waals surface area contributed by atoms with Gasteiger partial charge in [-0.05, 0) is 27.7 Å². The van der Waals surface area contributed by atoms with Gasteiger partial charge in [0.15, 0.2) is 0 Å². The predicted molar refractivity (Wildman–Crippen MR) is 97.8 cm³/mol. The fraction of sp³-hybridized carbons (Fsp3) is 0.400. The van der Waals surface area contributed by atoms with Crippen molar-refractivity contribution in [2.24, 2.45) is 0 Å². The van der Waals surface area contributed by atoms with Crippen LogP contribution in [0.4, 0.5) is 0 Å². The molecule has 0 amide bonds. The number of hydrogen-bond acceptors (Lipinski definition) is 8. The fourth-order valence-electron chi connectivity index (χ4n) is 1.11. The molecule has 0 bridgehead atoms. The molecular formula is C20H28O8Ti. The number of ketones is 4. The molecule has 9 heteroatoms. The third kappa shape index (κ3) is 77.2. The number of Topliss-reactive ketones (excluding diaryl/α,β-unsaturated/α-hetero) is 4. The Morgan fingerprint density at radius 2 is 0.586 bits per heavy atom. The standard InChI is InChI=1S/4C5H8O2.Ti/c4*1-4(6)3-5(2)7;/h4*6H,1,3H2,2H3;/q;;;;+4/p-4. The normalized spacial score (nSPS) is 7.86. The molecule has 0 aromatic carbocycles.